The average Bonchev–Trinajstić information content (AvgIpc) is 2.64. The first-order chi connectivity index (χ1) is 12.0. The van der Waals surface area contributed by atoms with E-state index in [-0.39, 0.29) is 18.0 Å². The molecule has 0 saturated heterocycles. The van der Waals surface area contributed by atoms with Gasteiger partial charge in [-0.1, -0.05) is 19.1 Å². The number of methoxy groups -OCH3 is 1. The normalized spacial score (nSPS) is 10.2. The van der Waals surface area contributed by atoms with Crippen LogP contribution in [0.5, 0.6) is 11.5 Å². The predicted molar refractivity (Wildman–Crippen MR) is 93.4 cm³/mol. The van der Waals surface area contributed by atoms with Crippen LogP contribution in [0.4, 0.5) is 0 Å². The zero-order chi connectivity index (χ0) is 18.2. The standard InChI is InChI=1S/C19H21NO5/c1-3-10-25-17-11-15(24-2)8-9-16(17)18(21)20-12-13-4-6-14(7-5-13)19(22)23/h4-9,11H,3,10,12H2,1-2H3,(H,20,21)(H,22,23). The molecule has 6 heteroatoms. The van der Waals surface area contributed by atoms with Gasteiger partial charge in [-0.15, -0.1) is 0 Å². The van der Waals surface area contributed by atoms with E-state index in [2.05, 4.69) is 5.32 Å². The maximum absolute atomic E-state index is 12.5. The minimum Gasteiger partial charge on any atom is -0.497 e. The summed E-state index contributed by atoms with van der Waals surface area (Å²) in [4.78, 5) is 23.3. The van der Waals surface area contributed by atoms with Crippen molar-refractivity contribution >= 4 is 11.9 Å². The van der Waals surface area contributed by atoms with Gasteiger partial charge in [0.15, 0.2) is 0 Å². The second-order valence-electron chi connectivity index (χ2n) is 5.40. The van der Waals surface area contributed by atoms with Crippen LogP contribution in [0.15, 0.2) is 42.5 Å². The van der Waals surface area contributed by atoms with Gasteiger partial charge in [-0.2, -0.15) is 0 Å². The smallest absolute Gasteiger partial charge is 0.335 e. The molecule has 1 amide bonds. The van der Waals surface area contributed by atoms with Crippen LogP contribution in [0.3, 0.4) is 0 Å². The van der Waals surface area contributed by atoms with Crippen molar-refractivity contribution < 1.29 is 24.2 Å². The van der Waals surface area contributed by atoms with Crippen LogP contribution in [0, 0.1) is 0 Å². The Balaban J connectivity index is 2.07. The summed E-state index contributed by atoms with van der Waals surface area (Å²) in [5.74, 6) is -0.158. The molecule has 2 N–H and O–H groups in total. The van der Waals surface area contributed by atoms with Gasteiger partial charge in [0.05, 0.1) is 24.8 Å². The molecule has 0 saturated carbocycles. The monoisotopic (exact) mass is 343 g/mol. The van der Waals surface area contributed by atoms with Crippen molar-refractivity contribution in [2.45, 2.75) is 19.9 Å². The highest BCUT2D eigenvalue weighted by Gasteiger charge is 2.14. The largest absolute Gasteiger partial charge is 0.497 e. The molecule has 0 fully saturated rings. The van der Waals surface area contributed by atoms with Crippen molar-refractivity contribution in [2.24, 2.45) is 0 Å². The number of amides is 1. The van der Waals surface area contributed by atoms with Crippen molar-refractivity contribution in [3.05, 3.63) is 59.2 Å². The molecule has 0 bridgehead atoms. The highest BCUT2D eigenvalue weighted by molar-refractivity contribution is 5.97. The first kappa shape index (κ1) is 18.3. The van der Waals surface area contributed by atoms with Crippen molar-refractivity contribution in [3.8, 4) is 11.5 Å². The number of carbonyl (C=O) groups is 2. The van der Waals surface area contributed by atoms with Crippen molar-refractivity contribution in [3.63, 3.8) is 0 Å². The van der Waals surface area contributed by atoms with Crippen LogP contribution in [0.2, 0.25) is 0 Å². The van der Waals surface area contributed by atoms with Gasteiger partial charge in [-0.05, 0) is 36.2 Å². The summed E-state index contributed by atoms with van der Waals surface area (Å²) in [5, 5.41) is 11.7. The number of ether oxygens (including phenoxy) is 2. The zero-order valence-electron chi connectivity index (χ0n) is 14.2. The van der Waals surface area contributed by atoms with Gasteiger partial charge < -0.3 is 19.9 Å². The Morgan fingerprint density at radius 2 is 1.84 bits per heavy atom. The number of rotatable bonds is 8. The molecule has 2 rings (SSSR count). The maximum atomic E-state index is 12.5. The SMILES string of the molecule is CCCOc1cc(OC)ccc1C(=O)NCc1ccc(C(=O)O)cc1. The maximum Gasteiger partial charge on any atom is 0.335 e. The number of hydrogen-bond acceptors (Lipinski definition) is 4. The molecule has 2 aromatic carbocycles. The van der Waals surface area contributed by atoms with E-state index in [0.717, 1.165) is 12.0 Å². The first-order valence-corrected chi connectivity index (χ1v) is 7.96. The van der Waals surface area contributed by atoms with Crippen molar-refractivity contribution in [2.75, 3.05) is 13.7 Å². The van der Waals surface area contributed by atoms with Gasteiger partial charge >= 0.3 is 5.97 Å². The van der Waals surface area contributed by atoms with E-state index in [0.29, 0.717) is 23.7 Å². The molecule has 2 aromatic rings. The number of aromatic carboxylic acids is 1. The van der Waals surface area contributed by atoms with E-state index in [1.807, 2.05) is 6.92 Å². The highest BCUT2D eigenvalue weighted by atomic mass is 16.5. The molecule has 0 aliphatic heterocycles. The summed E-state index contributed by atoms with van der Waals surface area (Å²) >= 11 is 0. The van der Waals surface area contributed by atoms with E-state index >= 15 is 0 Å². The lowest BCUT2D eigenvalue weighted by Crippen LogP contribution is -2.23. The van der Waals surface area contributed by atoms with E-state index in [1.165, 1.54) is 12.1 Å². The molecule has 0 spiro atoms. The molecule has 0 heterocycles. The highest BCUT2D eigenvalue weighted by Crippen LogP contribution is 2.25. The fourth-order valence-electron chi connectivity index (χ4n) is 2.19. The fraction of sp³-hybridized carbons (Fsp3) is 0.263. The summed E-state index contributed by atoms with van der Waals surface area (Å²) in [7, 11) is 1.56. The lowest BCUT2D eigenvalue weighted by molar-refractivity contribution is 0.0696. The molecule has 0 aliphatic carbocycles. The van der Waals surface area contributed by atoms with E-state index in [4.69, 9.17) is 14.6 Å². The summed E-state index contributed by atoms with van der Waals surface area (Å²) in [6.07, 6.45) is 0.828. The van der Waals surface area contributed by atoms with Gasteiger partial charge in [-0.25, -0.2) is 4.79 Å². The molecule has 0 radical (unpaired) electrons. The number of carbonyl (C=O) groups excluding carboxylic acids is 1. The molecule has 132 valence electrons. The van der Waals surface area contributed by atoms with E-state index in [1.54, 1.807) is 37.4 Å². The lowest BCUT2D eigenvalue weighted by atomic mass is 10.1. The number of benzene rings is 2. The topological polar surface area (TPSA) is 84.9 Å². The van der Waals surface area contributed by atoms with Gasteiger partial charge in [0, 0.05) is 12.6 Å². The Kier molecular flexibility index (Phi) is 6.39. The molecule has 0 aliphatic rings. The van der Waals surface area contributed by atoms with Crippen molar-refractivity contribution in [1.82, 2.24) is 5.32 Å². The minimum absolute atomic E-state index is 0.209. The van der Waals surface area contributed by atoms with Crippen LogP contribution < -0.4 is 14.8 Å². The van der Waals surface area contributed by atoms with Gasteiger partial charge in [0.25, 0.3) is 5.91 Å². The van der Waals surface area contributed by atoms with Crippen LogP contribution in [0.1, 0.15) is 39.6 Å². The van der Waals surface area contributed by atoms with E-state index in [9.17, 15) is 9.59 Å². The van der Waals surface area contributed by atoms with Gasteiger partial charge in [-0.3, -0.25) is 4.79 Å². The number of carboxylic acid groups (broad SMARTS) is 1. The van der Waals surface area contributed by atoms with Crippen LogP contribution >= 0.6 is 0 Å². The van der Waals surface area contributed by atoms with Crippen LogP contribution in [-0.2, 0) is 6.54 Å². The molecule has 0 aromatic heterocycles. The van der Waals surface area contributed by atoms with Crippen molar-refractivity contribution in [1.29, 1.82) is 0 Å². The summed E-state index contributed by atoms with van der Waals surface area (Å²) in [6.45, 7) is 2.78. The third-order valence-electron chi connectivity index (χ3n) is 3.55. The molecular weight excluding hydrogens is 322 g/mol. The Bertz CT molecular complexity index is 740. The second-order valence-corrected chi connectivity index (χ2v) is 5.40. The quantitative estimate of drug-likeness (QED) is 0.769. The minimum atomic E-state index is -0.980. The number of nitrogens with one attached hydrogen (secondary N) is 1. The molecule has 6 nitrogen and oxygen atoms in total. The van der Waals surface area contributed by atoms with Crippen LogP contribution in [-0.4, -0.2) is 30.7 Å². The molecule has 25 heavy (non-hydrogen) atoms. The summed E-state index contributed by atoms with van der Waals surface area (Å²) in [6, 6.07) is 11.4. The third-order valence-corrected chi connectivity index (χ3v) is 3.55. The molecular formula is C19H21NO5. The second kappa shape index (κ2) is 8.73. The number of carboxylic acids is 1. The first-order valence-electron chi connectivity index (χ1n) is 7.96. The van der Waals surface area contributed by atoms with Crippen LogP contribution in [0.25, 0.3) is 0 Å². The van der Waals surface area contributed by atoms with Gasteiger partial charge in [0.2, 0.25) is 0 Å². The fourth-order valence-corrected chi connectivity index (χ4v) is 2.19. The Morgan fingerprint density at radius 1 is 1.12 bits per heavy atom. The average molecular weight is 343 g/mol. The zero-order valence-corrected chi connectivity index (χ0v) is 14.2. The Morgan fingerprint density at radius 3 is 2.44 bits per heavy atom. The summed E-state index contributed by atoms with van der Waals surface area (Å²) < 4.78 is 10.8. The lowest BCUT2D eigenvalue weighted by Gasteiger charge is -2.13. The number of hydrogen-bond donors (Lipinski definition) is 2. The van der Waals surface area contributed by atoms with Gasteiger partial charge in [0.1, 0.15) is 11.5 Å². The summed E-state index contributed by atoms with van der Waals surface area (Å²) in [5.41, 5.74) is 1.44. The molecule has 0 unspecified atom stereocenters. The third kappa shape index (κ3) is 4.97. The Hall–Kier alpha value is -3.02. The molecule has 0 atom stereocenters. The predicted octanol–water partition coefficient (Wildman–Crippen LogP) is 3.11. The van der Waals surface area contributed by atoms with E-state index < -0.39 is 5.97 Å². The Labute approximate surface area is 146 Å².